The molecule has 31 heavy (non-hydrogen) atoms. The van der Waals surface area contributed by atoms with Gasteiger partial charge >= 0.3 is 0 Å². The number of fused-ring (bicyclic) bond motifs is 4. The Kier molecular flexibility index (Phi) is 4.77. The van der Waals surface area contributed by atoms with Gasteiger partial charge in [0.1, 0.15) is 10.9 Å². The van der Waals surface area contributed by atoms with Crippen molar-refractivity contribution in [3.63, 3.8) is 0 Å². The van der Waals surface area contributed by atoms with Crippen LogP contribution in [0.25, 0.3) is 38.9 Å². The van der Waals surface area contributed by atoms with E-state index in [2.05, 4.69) is 39.0 Å². The number of rotatable bonds is 5. The second kappa shape index (κ2) is 7.61. The number of hydrogen-bond acceptors (Lipinski definition) is 4. The zero-order chi connectivity index (χ0) is 21.5. The number of hydrogen-bond donors (Lipinski definition) is 0. The van der Waals surface area contributed by atoms with Gasteiger partial charge in [-0.05, 0) is 55.7 Å². The van der Waals surface area contributed by atoms with E-state index in [4.69, 9.17) is 15.0 Å². The van der Waals surface area contributed by atoms with Crippen molar-refractivity contribution in [2.24, 2.45) is 0 Å². The first-order valence-corrected chi connectivity index (χ1v) is 10.8. The Hall–Kier alpha value is -3.54. The van der Waals surface area contributed by atoms with Gasteiger partial charge in [-0.3, -0.25) is 13.9 Å². The number of benzene rings is 2. The van der Waals surface area contributed by atoms with Crippen molar-refractivity contribution in [1.82, 2.24) is 24.1 Å². The fourth-order valence-corrected chi connectivity index (χ4v) is 4.29. The average Bonchev–Trinajstić information content (AvgIpc) is 3.07. The topological polar surface area (TPSA) is 65.6 Å². The summed E-state index contributed by atoms with van der Waals surface area (Å²) in [5.41, 5.74) is 6.62. The molecular formula is C25H25N5O. The smallest absolute Gasteiger partial charge is 0.265 e. The Labute approximate surface area is 180 Å². The number of aromatic nitrogens is 5. The lowest BCUT2D eigenvalue weighted by Crippen LogP contribution is -2.20. The maximum atomic E-state index is 13.5. The molecule has 0 amide bonds. The standard InChI is InChI=1S/C25H25N5O/c1-4-5-8-11-29-15-26-23-21(25(29)31)22-24(28-20-10-7-6-9-19(20)27-22)30(23)18-13-16(2)12-17(3)14-18/h6-7,9-10,12-15H,4-5,8,11H2,1-3H3. The molecule has 3 aromatic heterocycles. The van der Waals surface area contributed by atoms with Gasteiger partial charge in [0.15, 0.2) is 11.3 Å². The van der Waals surface area contributed by atoms with Crippen molar-refractivity contribution < 1.29 is 0 Å². The van der Waals surface area contributed by atoms with E-state index in [9.17, 15) is 4.79 Å². The zero-order valence-corrected chi connectivity index (χ0v) is 18.1. The first kappa shape index (κ1) is 19.4. The summed E-state index contributed by atoms with van der Waals surface area (Å²) in [6.07, 6.45) is 4.80. The molecule has 0 N–H and O–H groups in total. The third kappa shape index (κ3) is 3.28. The lowest BCUT2D eigenvalue weighted by atomic mass is 10.1. The van der Waals surface area contributed by atoms with Crippen LogP contribution in [-0.4, -0.2) is 24.1 Å². The van der Waals surface area contributed by atoms with Gasteiger partial charge in [0.2, 0.25) is 0 Å². The molecule has 0 fully saturated rings. The minimum Gasteiger partial charge on any atom is -0.299 e. The van der Waals surface area contributed by atoms with Crippen LogP contribution in [0.1, 0.15) is 37.3 Å². The predicted molar refractivity (Wildman–Crippen MR) is 125 cm³/mol. The third-order valence-corrected chi connectivity index (χ3v) is 5.70. The number of unbranched alkanes of at least 4 members (excludes halogenated alkanes) is 2. The Morgan fingerprint density at radius 2 is 1.61 bits per heavy atom. The van der Waals surface area contributed by atoms with Crippen LogP contribution in [0.15, 0.2) is 53.6 Å². The zero-order valence-electron chi connectivity index (χ0n) is 18.1. The highest BCUT2D eigenvalue weighted by molar-refractivity contribution is 6.05. The van der Waals surface area contributed by atoms with E-state index in [0.29, 0.717) is 28.7 Å². The highest BCUT2D eigenvalue weighted by Crippen LogP contribution is 2.29. The summed E-state index contributed by atoms with van der Waals surface area (Å²) < 4.78 is 3.68. The normalized spacial score (nSPS) is 11.7. The first-order valence-electron chi connectivity index (χ1n) is 10.8. The Bertz CT molecular complexity index is 1480. The number of para-hydroxylation sites is 2. The summed E-state index contributed by atoms with van der Waals surface area (Å²) in [4.78, 5) is 28.0. The average molecular weight is 412 g/mol. The van der Waals surface area contributed by atoms with Gasteiger partial charge in [-0.1, -0.05) is 38.0 Å². The molecule has 0 radical (unpaired) electrons. The second-order valence-electron chi connectivity index (χ2n) is 8.21. The fourth-order valence-electron chi connectivity index (χ4n) is 4.29. The summed E-state index contributed by atoms with van der Waals surface area (Å²) in [6, 6.07) is 14.1. The van der Waals surface area contributed by atoms with Crippen molar-refractivity contribution in [1.29, 1.82) is 0 Å². The second-order valence-corrected chi connectivity index (χ2v) is 8.21. The lowest BCUT2D eigenvalue weighted by Gasteiger charge is -2.09. The maximum absolute atomic E-state index is 13.5. The Morgan fingerprint density at radius 1 is 0.903 bits per heavy atom. The van der Waals surface area contributed by atoms with Crippen LogP contribution in [0, 0.1) is 13.8 Å². The van der Waals surface area contributed by atoms with Crippen LogP contribution in [-0.2, 0) is 6.54 Å². The summed E-state index contributed by atoms with van der Waals surface area (Å²) in [6.45, 7) is 6.95. The number of aryl methyl sites for hydroxylation is 3. The van der Waals surface area contributed by atoms with Crippen LogP contribution in [0.2, 0.25) is 0 Å². The van der Waals surface area contributed by atoms with E-state index < -0.39 is 0 Å². The minimum absolute atomic E-state index is 0.0567. The van der Waals surface area contributed by atoms with Crippen molar-refractivity contribution in [2.45, 2.75) is 46.6 Å². The van der Waals surface area contributed by atoms with Gasteiger partial charge in [0.25, 0.3) is 5.56 Å². The van der Waals surface area contributed by atoms with Crippen molar-refractivity contribution in [3.05, 3.63) is 70.3 Å². The van der Waals surface area contributed by atoms with E-state index in [0.717, 1.165) is 47.1 Å². The van der Waals surface area contributed by atoms with Crippen molar-refractivity contribution in [2.75, 3.05) is 0 Å². The third-order valence-electron chi connectivity index (χ3n) is 5.70. The molecule has 0 saturated carbocycles. The first-order chi connectivity index (χ1) is 15.1. The van der Waals surface area contributed by atoms with Crippen LogP contribution < -0.4 is 5.56 Å². The minimum atomic E-state index is -0.0567. The molecule has 0 aliphatic heterocycles. The molecule has 3 heterocycles. The fraction of sp³-hybridized carbons (Fsp3) is 0.280. The van der Waals surface area contributed by atoms with E-state index in [-0.39, 0.29) is 5.56 Å². The summed E-state index contributed by atoms with van der Waals surface area (Å²) in [5, 5.41) is 0.534. The molecule has 5 aromatic rings. The monoisotopic (exact) mass is 411 g/mol. The van der Waals surface area contributed by atoms with Crippen molar-refractivity contribution in [3.8, 4) is 5.69 Å². The molecule has 0 spiro atoms. The van der Waals surface area contributed by atoms with Crippen LogP contribution >= 0.6 is 0 Å². The van der Waals surface area contributed by atoms with Gasteiger partial charge in [-0.15, -0.1) is 0 Å². The van der Waals surface area contributed by atoms with Gasteiger partial charge in [-0.2, -0.15) is 0 Å². The summed E-state index contributed by atoms with van der Waals surface area (Å²) in [7, 11) is 0. The molecule has 2 aromatic carbocycles. The molecule has 6 heteroatoms. The van der Waals surface area contributed by atoms with Crippen molar-refractivity contribution >= 4 is 33.2 Å². The largest absolute Gasteiger partial charge is 0.299 e. The van der Waals surface area contributed by atoms with Crippen LogP contribution in [0.4, 0.5) is 0 Å². The highest BCUT2D eigenvalue weighted by Gasteiger charge is 2.21. The quantitative estimate of drug-likeness (QED) is 0.378. The summed E-state index contributed by atoms with van der Waals surface area (Å²) in [5.74, 6) is 0. The molecular weight excluding hydrogens is 386 g/mol. The van der Waals surface area contributed by atoms with E-state index in [1.165, 1.54) is 0 Å². The van der Waals surface area contributed by atoms with Gasteiger partial charge in [0, 0.05) is 12.2 Å². The molecule has 5 rings (SSSR count). The Balaban J connectivity index is 1.88. The van der Waals surface area contributed by atoms with Crippen LogP contribution in [0.5, 0.6) is 0 Å². The summed E-state index contributed by atoms with van der Waals surface area (Å²) >= 11 is 0. The molecule has 0 aliphatic rings. The van der Waals surface area contributed by atoms with Gasteiger partial charge in [-0.25, -0.2) is 15.0 Å². The SMILES string of the molecule is CCCCCn1cnc2c(c1=O)c1nc3ccccc3nc1n2-c1cc(C)cc(C)c1. The Morgan fingerprint density at radius 3 is 2.32 bits per heavy atom. The molecule has 0 aliphatic carbocycles. The molecule has 0 bridgehead atoms. The molecule has 0 unspecified atom stereocenters. The van der Waals surface area contributed by atoms with Gasteiger partial charge < -0.3 is 0 Å². The maximum Gasteiger partial charge on any atom is 0.265 e. The van der Waals surface area contributed by atoms with E-state index in [1.807, 2.05) is 28.8 Å². The molecule has 156 valence electrons. The predicted octanol–water partition coefficient (Wildman–Crippen LogP) is 5.09. The number of nitrogens with zero attached hydrogens (tertiary/aromatic N) is 5. The lowest BCUT2D eigenvalue weighted by molar-refractivity contribution is 0.584. The molecule has 0 saturated heterocycles. The van der Waals surface area contributed by atoms with E-state index >= 15 is 0 Å². The van der Waals surface area contributed by atoms with Gasteiger partial charge in [0.05, 0.1) is 17.4 Å². The highest BCUT2D eigenvalue weighted by atomic mass is 16.1. The molecule has 6 nitrogen and oxygen atoms in total. The molecule has 0 atom stereocenters. The van der Waals surface area contributed by atoms with E-state index in [1.54, 1.807) is 10.9 Å². The van der Waals surface area contributed by atoms with Crippen LogP contribution in [0.3, 0.4) is 0 Å².